The molecule has 0 saturated heterocycles. The fourth-order valence-electron chi connectivity index (χ4n) is 2.06. The van der Waals surface area contributed by atoms with E-state index < -0.39 is 0 Å². The van der Waals surface area contributed by atoms with Crippen molar-refractivity contribution in [3.8, 4) is 5.75 Å². The number of fused-ring (bicyclic) bond motifs is 3. The maximum Gasteiger partial charge on any atom is 0.123 e. The van der Waals surface area contributed by atoms with Crippen molar-refractivity contribution in [3.63, 3.8) is 0 Å². The summed E-state index contributed by atoms with van der Waals surface area (Å²) in [7, 11) is 0. The molecule has 14 heavy (non-hydrogen) atoms. The number of aromatic nitrogens is 1. The van der Waals surface area contributed by atoms with E-state index in [1.807, 2.05) is 24.4 Å². The molecule has 1 atom stereocenters. The summed E-state index contributed by atoms with van der Waals surface area (Å²) in [5, 5.41) is 1.23. The molecule has 1 aromatic heterocycles. The molecule has 2 heteroatoms. The lowest BCUT2D eigenvalue weighted by atomic mass is 10.0. The van der Waals surface area contributed by atoms with Gasteiger partial charge in [-0.15, -0.1) is 0 Å². The zero-order valence-electron chi connectivity index (χ0n) is 8.03. The largest absolute Gasteiger partial charge is 0.490 e. The van der Waals surface area contributed by atoms with Crippen molar-refractivity contribution in [2.24, 2.45) is 0 Å². The molecule has 3 rings (SSSR count). The Morgan fingerprint density at radius 1 is 1.36 bits per heavy atom. The Morgan fingerprint density at radius 3 is 3.21 bits per heavy atom. The van der Waals surface area contributed by atoms with E-state index >= 15 is 0 Å². The van der Waals surface area contributed by atoms with E-state index in [1.165, 1.54) is 10.9 Å². The molecule has 0 radical (unpaired) electrons. The van der Waals surface area contributed by atoms with E-state index in [0.717, 1.165) is 17.7 Å². The molecule has 0 aliphatic carbocycles. The van der Waals surface area contributed by atoms with Gasteiger partial charge in [-0.3, -0.25) is 4.98 Å². The van der Waals surface area contributed by atoms with Gasteiger partial charge in [-0.25, -0.2) is 0 Å². The van der Waals surface area contributed by atoms with Crippen molar-refractivity contribution in [1.82, 2.24) is 4.98 Å². The number of pyridine rings is 1. The second-order valence-electron chi connectivity index (χ2n) is 3.74. The Balaban J connectivity index is 2.33. The number of nitrogens with zero attached hydrogens (tertiary/aromatic N) is 1. The Morgan fingerprint density at radius 2 is 2.29 bits per heavy atom. The third-order valence-corrected chi connectivity index (χ3v) is 2.67. The third kappa shape index (κ3) is 1.00. The van der Waals surface area contributed by atoms with Crippen LogP contribution in [0.2, 0.25) is 0 Å². The van der Waals surface area contributed by atoms with Crippen LogP contribution in [-0.4, -0.2) is 11.1 Å². The molecule has 1 aromatic carbocycles. The van der Waals surface area contributed by atoms with Gasteiger partial charge in [0.15, 0.2) is 0 Å². The fourth-order valence-corrected chi connectivity index (χ4v) is 2.06. The maximum absolute atomic E-state index is 5.69. The van der Waals surface area contributed by atoms with Gasteiger partial charge in [-0.1, -0.05) is 6.07 Å². The summed E-state index contributed by atoms with van der Waals surface area (Å²) in [6, 6.07) is 8.13. The molecule has 0 unspecified atom stereocenters. The monoisotopic (exact) mass is 185 g/mol. The van der Waals surface area contributed by atoms with E-state index in [1.54, 1.807) is 0 Å². The first-order valence-electron chi connectivity index (χ1n) is 4.88. The summed E-state index contributed by atoms with van der Waals surface area (Å²) < 4.78 is 5.69. The lowest BCUT2D eigenvalue weighted by molar-refractivity contribution is 0.254. The Bertz CT molecular complexity index is 493. The summed E-state index contributed by atoms with van der Waals surface area (Å²) in [5.74, 6) is 1.03. The summed E-state index contributed by atoms with van der Waals surface area (Å²) >= 11 is 0. The molecule has 0 saturated carbocycles. The van der Waals surface area contributed by atoms with Gasteiger partial charge in [0.25, 0.3) is 0 Å². The molecule has 2 nitrogen and oxygen atoms in total. The molecular formula is C12H11NO. The van der Waals surface area contributed by atoms with E-state index in [4.69, 9.17) is 4.74 Å². The number of hydrogen-bond acceptors (Lipinski definition) is 2. The van der Waals surface area contributed by atoms with Crippen LogP contribution < -0.4 is 4.74 Å². The highest BCUT2D eigenvalue weighted by atomic mass is 16.5. The third-order valence-electron chi connectivity index (χ3n) is 2.67. The number of ether oxygens (including phenoxy) is 1. The minimum atomic E-state index is 0.302. The molecule has 0 fully saturated rings. The van der Waals surface area contributed by atoms with Crippen LogP contribution in [0.15, 0.2) is 30.5 Å². The molecule has 0 spiro atoms. The minimum Gasteiger partial charge on any atom is -0.490 e. The smallest absolute Gasteiger partial charge is 0.123 e. The highest BCUT2D eigenvalue weighted by Crippen LogP contribution is 2.33. The van der Waals surface area contributed by atoms with Crippen LogP contribution in [0.1, 0.15) is 12.5 Å². The van der Waals surface area contributed by atoms with E-state index in [-0.39, 0.29) is 0 Å². The van der Waals surface area contributed by atoms with E-state index in [9.17, 15) is 0 Å². The van der Waals surface area contributed by atoms with Gasteiger partial charge in [-0.05, 0) is 25.1 Å². The summed E-state index contributed by atoms with van der Waals surface area (Å²) in [6.07, 6.45) is 3.13. The average molecular weight is 185 g/mol. The summed E-state index contributed by atoms with van der Waals surface area (Å²) in [6.45, 7) is 2.10. The fraction of sp³-hybridized carbons (Fsp3) is 0.250. The number of hydrogen-bond donors (Lipinski definition) is 0. The van der Waals surface area contributed by atoms with E-state index in [0.29, 0.717) is 6.10 Å². The second-order valence-corrected chi connectivity index (χ2v) is 3.74. The first-order valence-corrected chi connectivity index (χ1v) is 4.88. The van der Waals surface area contributed by atoms with Crippen LogP contribution in [0.4, 0.5) is 0 Å². The first-order chi connectivity index (χ1) is 6.84. The SMILES string of the molecule is C[C@H]1Cc2c(ccc3ncccc23)O1. The van der Waals surface area contributed by atoms with Gasteiger partial charge in [0.05, 0.1) is 5.52 Å². The lowest BCUT2D eigenvalue weighted by Gasteiger charge is -2.02. The molecule has 2 heterocycles. The molecule has 1 aliphatic rings. The zero-order valence-corrected chi connectivity index (χ0v) is 8.03. The Labute approximate surface area is 82.5 Å². The Hall–Kier alpha value is -1.57. The molecule has 0 bridgehead atoms. The lowest BCUT2D eigenvalue weighted by Crippen LogP contribution is -2.05. The van der Waals surface area contributed by atoms with Gasteiger partial charge in [0.1, 0.15) is 11.9 Å². The normalized spacial score (nSPS) is 19.4. The topological polar surface area (TPSA) is 22.1 Å². The first kappa shape index (κ1) is 7.80. The molecule has 2 aromatic rings. The van der Waals surface area contributed by atoms with Gasteiger partial charge in [0, 0.05) is 23.6 Å². The van der Waals surface area contributed by atoms with Gasteiger partial charge in [0.2, 0.25) is 0 Å². The van der Waals surface area contributed by atoms with Crippen molar-refractivity contribution in [2.45, 2.75) is 19.4 Å². The van der Waals surface area contributed by atoms with Gasteiger partial charge in [-0.2, -0.15) is 0 Å². The molecule has 0 N–H and O–H groups in total. The highest BCUT2D eigenvalue weighted by Gasteiger charge is 2.20. The summed E-state index contributed by atoms with van der Waals surface area (Å²) in [5.41, 5.74) is 2.37. The van der Waals surface area contributed by atoms with Crippen LogP contribution >= 0.6 is 0 Å². The molecular weight excluding hydrogens is 174 g/mol. The van der Waals surface area contributed by atoms with Gasteiger partial charge >= 0.3 is 0 Å². The number of benzene rings is 1. The van der Waals surface area contributed by atoms with Crippen LogP contribution in [0.25, 0.3) is 10.9 Å². The van der Waals surface area contributed by atoms with Crippen LogP contribution in [0, 0.1) is 0 Å². The van der Waals surface area contributed by atoms with E-state index in [2.05, 4.69) is 18.0 Å². The quantitative estimate of drug-likeness (QED) is 0.629. The highest BCUT2D eigenvalue weighted by molar-refractivity contribution is 5.84. The van der Waals surface area contributed by atoms with Crippen LogP contribution in [0.3, 0.4) is 0 Å². The molecule has 1 aliphatic heterocycles. The van der Waals surface area contributed by atoms with Crippen molar-refractivity contribution in [1.29, 1.82) is 0 Å². The van der Waals surface area contributed by atoms with Crippen molar-refractivity contribution < 1.29 is 4.74 Å². The molecule has 70 valence electrons. The van der Waals surface area contributed by atoms with Crippen LogP contribution in [0.5, 0.6) is 5.75 Å². The average Bonchev–Trinajstić information content (AvgIpc) is 2.59. The maximum atomic E-state index is 5.69. The standard InChI is InChI=1S/C12H11NO/c1-8-7-10-9-3-2-6-13-11(9)4-5-12(10)14-8/h2-6,8H,7H2,1H3/t8-/m0/s1. The van der Waals surface area contributed by atoms with Crippen molar-refractivity contribution in [2.75, 3.05) is 0 Å². The Kier molecular flexibility index (Phi) is 1.51. The number of rotatable bonds is 0. The predicted molar refractivity (Wildman–Crippen MR) is 55.5 cm³/mol. The summed E-state index contributed by atoms with van der Waals surface area (Å²) in [4.78, 5) is 4.33. The minimum absolute atomic E-state index is 0.302. The zero-order chi connectivity index (χ0) is 9.54. The molecule has 0 amide bonds. The van der Waals surface area contributed by atoms with Crippen molar-refractivity contribution in [3.05, 3.63) is 36.0 Å². The van der Waals surface area contributed by atoms with Crippen molar-refractivity contribution >= 4 is 10.9 Å². The predicted octanol–water partition coefficient (Wildman–Crippen LogP) is 2.56. The van der Waals surface area contributed by atoms with Crippen LogP contribution in [-0.2, 0) is 6.42 Å². The van der Waals surface area contributed by atoms with Gasteiger partial charge < -0.3 is 4.74 Å². The second kappa shape index (κ2) is 2.71.